The van der Waals surface area contributed by atoms with E-state index >= 15 is 0 Å². The van der Waals surface area contributed by atoms with E-state index in [1.165, 1.54) is 5.56 Å². The lowest BCUT2D eigenvalue weighted by Crippen LogP contribution is -2.39. The zero-order valence-corrected chi connectivity index (χ0v) is 18.3. The van der Waals surface area contributed by atoms with E-state index in [0.29, 0.717) is 5.96 Å². The van der Waals surface area contributed by atoms with E-state index in [1.807, 2.05) is 44.2 Å². The van der Waals surface area contributed by atoms with Gasteiger partial charge in [0.15, 0.2) is 5.96 Å². The minimum atomic E-state index is -1.05. The maximum atomic E-state index is 10.6. The molecule has 9 heteroatoms. The first-order valence-electron chi connectivity index (χ1n) is 8.63. The highest BCUT2D eigenvalue weighted by molar-refractivity contribution is 14.0. The number of hydrogen-bond donors (Lipinski definition) is 3. The van der Waals surface area contributed by atoms with Crippen LogP contribution in [0.15, 0.2) is 29.8 Å². The summed E-state index contributed by atoms with van der Waals surface area (Å²) in [7, 11) is 1.83. The van der Waals surface area contributed by atoms with Gasteiger partial charge < -0.3 is 15.7 Å². The number of hydrogen-bond acceptors (Lipinski definition) is 4. The maximum Gasteiger partial charge on any atom is 0.191 e. The summed E-state index contributed by atoms with van der Waals surface area (Å²) >= 11 is 0. The smallest absolute Gasteiger partial charge is 0.191 e. The van der Waals surface area contributed by atoms with E-state index in [9.17, 15) is 5.11 Å². The summed E-state index contributed by atoms with van der Waals surface area (Å²) in [6.45, 7) is 8.45. The molecule has 0 aliphatic carbocycles. The minimum Gasteiger partial charge on any atom is -0.383 e. The summed E-state index contributed by atoms with van der Waals surface area (Å²) in [5, 5.41) is 25.5. The summed E-state index contributed by atoms with van der Waals surface area (Å²) in [5.41, 5.74) is 0.868. The molecule has 146 valence electrons. The number of aryl methyl sites for hydroxylation is 3. The van der Waals surface area contributed by atoms with E-state index in [1.54, 1.807) is 17.8 Å². The molecule has 0 fully saturated rings. The van der Waals surface area contributed by atoms with Gasteiger partial charge in [0.25, 0.3) is 0 Å². The van der Waals surface area contributed by atoms with Gasteiger partial charge >= 0.3 is 0 Å². The molecule has 0 radical (unpaired) electrons. The van der Waals surface area contributed by atoms with Crippen LogP contribution >= 0.6 is 24.0 Å². The van der Waals surface area contributed by atoms with Crippen LogP contribution in [0.1, 0.15) is 31.4 Å². The van der Waals surface area contributed by atoms with Gasteiger partial charge in [0.05, 0.1) is 18.9 Å². The number of aliphatic hydroxyl groups is 1. The molecule has 2 aromatic rings. The topological polar surface area (TPSA) is 92.3 Å². The molecule has 2 aromatic heterocycles. The number of halogens is 1. The van der Waals surface area contributed by atoms with Crippen molar-refractivity contribution in [2.24, 2.45) is 12.0 Å². The first-order chi connectivity index (χ1) is 11.9. The molecule has 0 bridgehead atoms. The molecule has 2 heterocycles. The van der Waals surface area contributed by atoms with Gasteiger partial charge in [-0.2, -0.15) is 10.2 Å². The number of guanidine groups is 1. The minimum absolute atomic E-state index is 0. The second kappa shape index (κ2) is 10.5. The van der Waals surface area contributed by atoms with Crippen LogP contribution in [0.4, 0.5) is 0 Å². The number of aliphatic imine (C=N–C) groups is 1. The monoisotopic (exact) mass is 475 g/mol. The van der Waals surface area contributed by atoms with Gasteiger partial charge in [0.1, 0.15) is 5.60 Å². The standard InChI is InChI=1S/C17H29N7O.HI/c1-5-18-16(19-7-6-8-24-11-14(2)9-22-24)20-13-17(3,25)15-10-21-23(4)12-15;/h9-12,25H,5-8,13H2,1-4H3,(H2,18,19,20);1H. The second-order valence-electron chi connectivity index (χ2n) is 6.43. The fourth-order valence-corrected chi connectivity index (χ4v) is 2.40. The molecular formula is C17H30IN7O. The largest absolute Gasteiger partial charge is 0.383 e. The van der Waals surface area contributed by atoms with Gasteiger partial charge in [0.2, 0.25) is 0 Å². The highest BCUT2D eigenvalue weighted by atomic mass is 127. The second-order valence-corrected chi connectivity index (χ2v) is 6.43. The Balaban J connectivity index is 0.00000338. The third-order valence-electron chi connectivity index (χ3n) is 3.83. The third-order valence-corrected chi connectivity index (χ3v) is 3.83. The molecule has 8 nitrogen and oxygen atoms in total. The van der Waals surface area contributed by atoms with Crippen LogP contribution < -0.4 is 10.6 Å². The van der Waals surface area contributed by atoms with Crippen LogP contribution in [0.2, 0.25) is 0 Å². The zero-order chi connectivity index (χ0) is 18.3. The summed E-state index contributed by atoms with van der Waals surface area (Å²) in [5.74, 6) is 0.698. The first kappa shape index (κ1) is 22.4. The number of nitrogens with one attached hydrogen (secondary N) is 2. The van der Waals surface area contributed by atoms with Crippen LogP contribution in [0.25, 0.3) is 0 Å². The number of aromatic nitrogens is 4. The van der Waals surface area contributed by atoms with Crippen molar-refractivity contribution < 1.29 is 5.11 Å². The Bertz CT molecular complexity index is 693. The van der Waals surface area contributed by atoms with Gasteiger partial charge in [-0.25, -0.2) is 4.99 Å². The lowest BCUT2D eigenvalue weighted by atomic mass is 10.0. The van der Waals surface area contributed by atoms with Crippen molar-refractivity contribution in [3.05, 3.63) is 35.9 Å². The van der Waals surface area contributed by atoms with Crippen molar-refractivity contribution >= 4 is 29.9 Å². The molecule has 26 heavy (non-hydrogen) atoms. The van der Waals surface area contributed by atoms with Gasteiger partial charge in [-0.1, -0.05) is 0 Å². The Kier molecular flexibility index (Phi) is 9.06. The summed E-state index contributed by atoms with van der Waals surface area (Å²) < 4.78 is 3.61. The molecule has 1 atom stereocenters. The lowest BCUT2D eigenvalue weighted by Gasteiger charge is -2.20. The van der Waals surface area contributed by atoms with Crippen molar-refractivity contribution in [1.82, 2.24) is 30.2 Å². The average molecular weight is 475 g/mol. The molecule has 0 saturated carbocycles. The maximum absolute atomic E-state index is 10.6. The fourth-order valence-electron chi connectivity index (χ4n) is 2.40. The molecule has 0 saturated heterocycles. The summed E-state index contributed by atoms with van der Waals surface area (Å²) in [6, 6.07) is 0. The van der Waals surface area contributed by atoms with Gasteiger partial charge in [-0.15, -0.1) is 24.0 Å². The Morgan fingerprint density at radius 2 is 2.04 bits per heavy atom. The van der Waals surface area contributed by atoms with Crippen molar-refractivity contribution in [1.29, 1.82) is 0 Å². The molecule has 1 unspecified atom stereocenters. The van der Waals surface area contributed by atoms with Crippen molar-refractivity contribution in [3.8, 4) is 0 Å². The highest BCUT2D eigenvalue weighted by Gasteiger charge is 2.24. The molecule has 0 amide bonds. The van der Waals surface area contributed by atoms with Crippen LogP contribution in [0.5, 0.6) is 0 Å². The van der Waals surface area contributed by atoms with Gasteiger partial charge in [0, 0.05) is 44.6 Å². The van der Waals surface area contributed by atoms with E-state index < -0.39 is 5.60 Å². The van der Waals surface area contributed by atoms with Crippen molar-refractivity contribution in [3.63, 3.8) is 0 Å². The van der Waals surface area contributed by atoms with Crippen molar-refractivity contribution in [2.45, 2.75) is 39.3 Å². The fraction of sp³-hybridized carbons (Fsp3) is 0.588. The highest BCUT2D eigenvalue weighted by Crippen LogP contribution is 2.19. The summed E-state index contributed by atoms with van der Waals surface area (Å²) in [4.78, 5) is 4.50. The van der Waals surface area contributed by atoms with Gasteiger partial charge in [-0.05, 0) is 32.8 Å². The van der Waals surface area contributed by atoms with E-state index in [2.05, 4.69) is 25.8 Å². The quantitative estimate of drug-likeness (QED) is 0.232. The van der Waals surface area contributed by atoms with Crippen molar-refractivity contribution in [2.75, 3.05) is 19.6 Å². The molecular weight excluding hydrogens is 445 g/mol. The van der Waals surface area contributed by atoms with E-state index in [0.717, 1.165) is 31.6 Å². The Morgan fingerprint density at radius 1 is 1.27 bits per heavy atom. The Hall–Kier alpha value is -1.62. The molecule has 2 rings (SSSR count). The van der Waals surface area contributed by atoms with Crippen LogP contribution in [-0.2, 0) is 19.2 Å². The average Bonchev–Trinajstić information content (AvgIpc) is 3.18. The molecule has 3 N–H and O–H groups in total. The SMILES string of the molecule is CCNC(=NCC(C)(O)c1cnn(C)c1)NCCCn1cc(C)cn1.I. The zero-order valence-electron chi connectivity index (χ0n) is 15.9. The summed E-state index contributed by atoms with van der Waals surface area (Å²) in [6.07, 6.45) is 8.30. The first-order valence-corrected chi connectivity index (χ1v) is 8.63. The molecule has 0 spiro atoms. The van der Waals surface area contributed by atoms with Crippen LogP contribution in [0.3, 0.4) is 0 Å². The Labute approximate surface area is 172 Å². The third kappa shape index (κ3) is 6.94. The molecule has 0 aliphatic heterocycles. The predicted molar refractivity (Wildman–Crippen MR) is 114 cm³/mol. The van der Waals surface area contributed by atoms with E-state index in [-0.39, 0.29) is 30.5 Å². The van der Waals surface area contributed by atoms with Gasteiger partial charge in [-0.3, -0.25) is 9.36 Å². The van der Waals surface area contributed by atoms with Crippen LogP contribution in [-0.4, -0.2) is 50.3 Å². The number of nitrogens with zero attached hydrogens (tertiary/aromatic N) is 5. The molecule has 0 aromatic carbocycles. The van der Waals surface area contributed by atoms with Crippen LogP contribution in [0, 0.1) is 6.92 Å². The normalized spacial score (nSPS) is 13.8. The number of rotatable bonds is 8. The van der Waals surface area contributed by atoms with E-state index in [4.69, 9.17) is 0 Å². The molecule has 0 aliphatic rings. The predicted octanol–water partition coefficient (Wildman–Crippen LogP) is 1.40. The lowest BCUT2D eigenvalue weighted by molar-refractivity contribution is 0.0672. The Morgan fingerprint density at radius 3 is 2.62 bits per heavy atom.